The van der Waals surface area contributed by atoms with Gasteiger partial charge in [0.25, 0.3) is 0 Å². The van der Waals surface area contributed by atoms with Crippen LogP contribution in [0.3, 0.4) is 0 Å². The molecule has 140 valence electrons. The van der Waals surface area contributed by atoms with E-state index in [2.05, 4.69) is 16.6 Å². The largest absolute Gasteiger partial charge is 0.377 e. The summed E-state index contributed by atoms with van der Waals surface area (Å²) in [4.78, 5) is 26.3. The van der Waals surface area contributed by atoms with Gasteiger partial charge >= 0.3 is 0 Å². The highest BCUT2D eigenvalue weighted by molar-refractivity contribution is 7.89. The monoisotopic (exact) mass is 377 g/mol. The second kappa shape index (κ2) is 8.83. The number of hydrogen-bond donors (Lipinski definition) is 1. The lowest BCUT2D eigenvalue weighted by molar-refractivity contribution is -0.147. The number of imide groups is 1. The Kier molecular flexibility index (Phi) is 6.77. The molecule has 0 saturated carbocycles. The molecular formula is C18H23N3O4S. The molecule has 1 aromatic rings. The number of carbonyl (C=O) groups excluding carboxylic acids is 2. The fourth-order valence-corrected chi connectivity index (χ4v) is 3.45. The molecule has 0 spiro atoms. The Balaban J connectivity index is 1.89. The first kappa shape index (κ1) is 19.9. The second-order valence-electron chi connectivity index (χ2n) is 6.15. The molecule has 0 atom stereocenters. The van der Waals surface area contributed by atoms with E-state index >= 15 is 0 Å². The van der Waals surface area contributed by atoms with Crippen LogP contribution in [-0.2, 0) is 19.6 Å². The third kappa shape index (κ3) is 5.58. The first-order valence-corrected chi connectivity index (χ1v) is 10.0. The van der Waals surface area contributed by atoms with Gasteiger partial charge in [-0.25, -0.2) is 13.1 Å². The molecular weight excluding hydrogens is 354 g/mol. The van der Waals surface area contributed by atoms with E-state index in [1.54, 1.807) is 0 Å². The van der Waals surface area contributed by atoms with E-state index in [-0.39, 0.29) is 43.5 Å². The van der Waals surface area contributed by atoms with Gasteiger partial charge in [-0.3, -0.25) is 14.5 Å². The van der Waals surface area contributed by atoms with Gasteiger partial charge in [-0.1, -0.05) is 24.0 Å². The van der Waals surface area contributed by atoms with E-state index < -0.39 is 10.0 Å². The summed E-state index contributed by atoms with van der Waals surface area (Å²) in [6.07, 6.45) is 1.11. The maximum atomic E-state index is 12.0. The van der Waals surface area contributed by atoms with Crippen molar-refractivity contribution < 1.29 is 18.0 Å². The third-order valence-electron chi connectivity index (χ3n) is 3.96. The Morgan fingerprint density at radius 3 is 2.46 bits per heavy atom. The number of para-hydroxylation sites is 1. The van der Waals surface area contributed by atoms with Crippen LogP contribution in [0, 0.1) is 11.8 Å². The third-order valence-corrected chi connectivity index (χ3v) is 5.26. The standard InChI is InChI=1S/C18H23N3O4S/c1-20(2)16-9-4-3-7-15(16)8-6-12-19-26(24,25)14-13-21-17(22)10-5-11-18(21)23/h3-4,7,9,19H,5,10-14H2,1-2H3. The molecule has 1 aliphatic rings. The van der Waals surface area contributed by atoms with Crippen molar-refractivity contribution in [2.45, 2.75) is 19.3 Å². The number of likely N-dealkylation sites (tertiary alicyclic amines) is 1. The van der Waals surface area contributed by atoms with Gasteiger partial charge in [0.1, 0.15) is 0 Å². The summed E-state index contributed by atoms with van der Waals surface area (Å²) in [7, 11) is 0.201. The summed E-state index contributed by atoms with van der Waals surface area (Å²) in [6, 6.07) is 7.57. The van der Waals surface area contributed by atoms with Crippen molar-refractivity contribution in [3.05, 3.63) is 29.8 Å². The molecule has 1 saturated heterocycles. The fraction of sp³-hybridized carbons (Fsp3) is 0.444. The van der Waals surface area contributed by atoms with Gasteiger partial charge in [-0.15, -0.1) is 0 Å². The summed E-state index contributed by atoms with van der Waals surface area (Å²) >= 11 is 0. The summed E-state index contributed by atoms with van der Waals surface area (Å²) < 4.78 is 26.5. The predicted molar refractivity (Wildman–Crippen MR) is 100 cm³/mol. The molecule has 0 aliphatic carbocycles. The van der Waals surface area contributed by atoms with E-state index in [4.69, 9.17) is 0 Å². The van der Waals surface area contributed by atoms with E-state index in [1.165, 1.54) is 0 Å². The summed E-state index contributed by atoms with van der Waals surface area (Å²) in [5.74, 6) is 4.81. The van der Waals surface area contributed by atoms with Crippen molar-refractivity contribution in [3.8, 4) is 11.8 Å². The maximum absolute atomic E-state index is 12.0. The molecule has 1 heterocycles. The molecule has 0 aromatic heterocycles. The predicted octanol–water partition coefficient (Wildman–Crippen LogP) is 0.563. The number of amides is 2. The number of nitrogens with one attached hydrogen (secondary N) is 1. The van der Waals surface area contributed by atoms with Crippen LogP contribution in [-0.4, -0.2) is 58.1 Å². The Morgan fingerprint density at radius 2 is 1.81 bits per heavy atom. The van der Waals surface area contributed by atoms with Gasteiger partial charge in [0.2, 0.25) is 21.8 Å². The summed E-state index contributed by atoms with van der Waals surface area (Å²) in [5, 5.41) is 0. The molecule has 2 amide bonds. The van der Waals surface area contributed by atoms with Gasteiger partial charge in [0, 0.05) is 39.0 Å². The van der Waals surface area contributed by atoms with E-state index in [9.17, 15) is 18.0 Å². The first-order valence-electron chi connectivity index (χ1n) is 8.36. The highest BCUT2D eigenvalue weighted by Gasteiger charge is 2.26. The Bertz CT molecular complexity index is 821. The Hall–Kier alpha value is -2.37. The van der Waals surface area contributed by atoms with Crippen LogP contribution in [0.1, 0.15) is 24.8 Å². The molecule has 26 heavy (non-hydrogen) atoms. The lowest BCUT2D eigenvalue weighted by Gasteiger charge is -2.24. The van der Waals surface area contributed by atoms with Crippen molar-refractivity contribution in [2.24, 2.45) is 0 Å². The van der Waals surface area contributed by atoms with E-state index in [0.717, 1.165) is 16.2 Å². The number of anilines is 1. The molecule has 0 radical (unpaired) electrons. The normalized spacial score (nSPS) is 14.8. The average molecular weight is 377 g/mol. The minimum absolute atomic E-state index is 0.0357. The van der Waals surface area contributed by atoms with Gasteiger partial charge < -0.3 is 4.90 Å². The topological polar surface area (TPSA) is 86.8 Å². The van der Waals surface area contributed by atoms with Crippen molar-refractivity contribution in [1.29, 1.82) is 0 Å². The van der Waals surface area contributed by atoms with Gasteiger partial charge in [0.15, 0.2) is 0 Å². The van der Waals surface area contributed by atoms with Crippen LogP contribution >= 0.6 is 0 Å². The number of rotatable bonds is 6. The zero-order valence-corrected chi connectivity index (χ0v) is 15.8. The van der Waals surface area contributed by atoms with Gasteiger partial charge in [-0.2, -0.15) is 0 Å². The Labute approximate surface area is 154 Å². The Morgan fingerprint density at radius 1 is 1.15 bits per heavy atom. The van der Waals surface area contributed by atoms with Gasteiger partial charge in [0.05, 0.1) is 18.0 Å². The summed E-state index contributed by atoms with van der Waals surface area (Å²) in [5.41, 5.74) is 1.76. The molecule has 2 rings (SSSR count). The van der Waals surface area contributed by atoms with Crippen molar-refractivity contribution in [3.63, 3.8) is 0 Å². The van der Waals surface area contributed by atoms with Crippen LogP contribution in [0.4, 0.5) is 5.69 Å². The van der Waals surface area contributed by atoms with Crippen LogP contribution in [0.5, 0.6) is 0 Å². The highest BCUT2D eigenvalue weighted by atomic mass is 32.2. The van der Waals surface area contributed by atoms with Crippen LogP contribution in [0.2, 0.25) is 0 Å². The minimum atomic E-state index is -3.62. The highest BCUT2D eigenvalue weighted by Crippen LogP contribution is 2.16. The fourth-order valence-electron chi connectivity index (χ4n) is 2.59. The second-order valence-corrected chi connectivity index (χ2v) is 8.07. The molecule has 1 aliphatic heterocycles. The molecule has 1 aromatic carbocycles. The molecule has 0 bridgehead atoms. The molecule has 0 unspecified atom stereocenters. The lowest BCUT2D eigenvalue weighted by atomic mass is 10.1. The SMILES string of the molecule is CN(C)c1ccccc1C#CCNS(=O)(=O)CCN1C(=O)CCCC1=O. The van der Waals surface area contributed by atoms with Crippen molar-refractivity contribution >= 4 is 27.5 Å². The molecule has 1 fully saturated rings. The van der Waals surface area contributed by atoms with Crippen LogP contribution < -0.4 is 9.62 Å². The van der Waals surface area contributed by atoms with Crippen molar-refractivity contribution in [1.82, 2.24) is 9.62 Å². The smallest absolute Gasteiger partial charge is 0.229 e. The maximum Gasteiger partial charge on any atom is 0.229 e. The summed E-state index contributed by atoms with van der Waals surface area (Å²) in [6.45, 7) is -0.157. The number of nitrogens with zero attached hydrogens (tertiary/aromatic N) is 2. The molecule has 8 heteroatoms. The van der Waals surface area contributed by atoms with Crippen molar-refractivity contribution in [2.75, 3.05) is 37.8 Å². The van der Waals surface area contributed by atoms with E-state index in [0.29, 0.717) is 6.42 Å². The zero-order valence-electron chi connectivity index (χ0n) is 15.0. The first-order chi connectivity index (χ1) is 12.3. The van der Waals surface area contributed by atoms with Crippen LogP contribution in [0.25, 0.3) is 0 Å². The van der Waals surface area contributed by atoms with E-state index in [1.807, 2.05) is 43.3 Å². The minimum Gasteiger partial charge on any atom is -0.377 e. The lowest BCUT2D eigenvalue weighted by Crippen LogP contribution is -2.44. The number of benzene rings is 1. The number of piperidine rings is 1. The number of sulfonamides is 1. The average Bonchev–Trinajstić information content (AvgIpc) is 2.58. The molecule has 1 N–H and O–H groups in total. The van der Waals surface area contributed by atoms with Gasteiger partial charge in [-0.05, 0) is 18.6 Å². The number of hydrogen-bond acceptors (Lipinski definition) is 5. The quantitative estimate of drug-likeness (QED) is 0.578. The zero-order chi connectivity index (χ0) is 19.2. The molecule has 7 nitrogen and oxygen atoms in total. The number of carbonyl (C=O) groups is 2. The van der Waals surface area contributed by atoms with Crippen LogP contribution in [0.15, 0.2) is 24.3 Å².